The zero-order valence-corrected chi connectivity index (χ0v) is 15.7. The van der Waals surface area contributed by atoms with Crippen LogP contribution in [-0.4, -0.2) is 16.9 Å². The molecule has 0 aliphatic rings. The molecular formula is C18H18ClF3N3O3+. The number of nitrogens with one attached hydrogen (secondary N) is 1. The fourth-order valence-electron chi connectivity index (χ4n) is 2.63. The highest BCUT2D eigenvalue weighted by Crippen LogP contribution is 2.37. The zero-order chi connectivity index (χ0) is 21.1. The summed E-state index contributed by atoms with van der Waals surface area (Å²) in [7, 11) is 0. The third kappa shape index (κ3) is 5.43. The van der Waals surface area contributed by atoms with E-state index in [1.165, 1.54) is 0 Å². The molecule has 2 aromatic rings. The van der Waals surface area contributed by atoms with E-state index in [1.807, 2.05) is 6.92 Å². The second-order valence-electron chi connectivity index (χ2n) is 6.30. The Morgan fingerprint density at radius 1 is 1.18 bits per heavy atom. The van der Waals surface area contributed by atoms with Crippen molar-refractivity contribution in [2.24, 2.45) is 0 Å². The number of quaternary nitrogens is 1. The van der Waals surface area contributed by atoms with Crippen molar-refractivity contribution in [3.8, 4) is 0 Å². The molecule has 0 spiro atoms. The fraction of sp³-hybridized carbons (Fsp3) is 0.278. The Bertz CT molecular complexity index is 873. The lowest BCUT2D eigenvalue weighted by molar-refractivity contribution is -0.709. The summed E-state index contributed by atoms with van der Waals surface area (Å²) < 4.78 is 39.6. The molecule has 2 atom stereocenters. The molecular weight excluding hydrogens is 399 g/mol. The van der Waals surface area contributed by atoms with Gasteiger partial charge in [-0.05, 0) is 32.0 Å². The first kappa shape index (κ1) is 21.6. The lowest BCUT2D eigenvalue weighted by Crippen LogP contribution is -2.91. The van der Waals surface area contributed by atoms with E-state index < -0.39 is 40.0 Å². The predicted octanol–water partition coefficient (Wildman–Crippen LogP) is 3.92. The third-order valence-corrected chi connectivity index (χ3v) is 4.42. The Labute approximate surface area is 163 Å². The molecule has 150 valence electrons. The molecule has 0 radical (unpaired) electrons. The average Bonchev–Trinajstić information content (AvgIpc) is 2.61. The molecule has 0 saturated carbocycles. The Morgan fingerprint density at radius 3 is 2.32 bits per heavy atom. The quantitative estimate of drug-likeness (QED) is 0.552. The molecule has 28 heavy (non-hydrogen) atoms. The van der Waals surface area contributed by atoms with E-state index in [4.69, 9.17) is 11.6 Å². The van der Waals surface area contributed by atoms with Gasteiger partial charge in [0, 0.05) is 22.7 Å². The van der Waals surface area contributed by atoms with Gasteiger partial charge in [-0.15, -0.1) is 0 Å². The normalized spacial score (nSPS) is 13.6. The number of hydrogen-bond donors (Lipinski definition) is 2. The van der Waals surface area contributed by atoms with Gasteiger partial charge in [0.15, 0.2) is 6.04 Å². The fourth-order valence-corrected chi connectivity index (χ4v) is 2.76. The predicted molar refractivity (Wildman–Crippen MR) is 98.0 cm³/mol. The van der Waals surface area contributed by atoms with Crippen LogP contribution in [0.1, 0.15) is 31.0 Å². The number of non-ortho nitro benzene ring substituents is 1. The van der Waals surface area contributed by atoms with E-state index in [0.29, 0.717) is 11.1 Å². The van der Waals surface area contributed by atoms with Gasteiger partial charge in [0.25, 0.3) is 11.6 Å². The molecule has 1 amide bonds. The van der Waals surface area contributed by atoms with Gasteiger partial charge >= 0.3 is 6.18 Å². The summed E-state index contributed by atoms with van der Waals surface area (Å²) in [5, 5.41) is 15.2. The Morgan fingerprint density at radius 2 is 1.79 bits per heavy atom. The smallest absolute Gasteiger partial charge is 0.330 e. The van der Waals surface area contributed by atoms with Crippen LogP contribution in [0.5, 0.6) is 0 Å². The van der Waals surface area contributed by atoms with Gasteiger partial charge in [0.1, 0.15) is 6.04 Å². The van der Waals surface area contributed by atoms with E-state index in [0.717, 1.165) is 17.7 Å². The third-order valence-electron chi connectivity index (χ3n) is 4.16. The summed E-state index contributed by atoms with van der Waals surface area (Å²) in [6, 6.07) is 8.36. The van der Waals surface area contributed by atoms with Gasteiger partial charge in [0.05, 0.1) is 16.2 Å². The van der Waals surface area contributed by atoms with Crippen molar-refractivity contribution in [3.05, 3.63) is 68.7 Å². The molecule has 6 nitrogen and oxygen atoms in total. The molecule has 10 heteroatoms. The number of amides is 1. The summed E-state index contributed by atoms with van der Waals surface area (Å²) in [5.41, 5.74) is -1.60. The number of nitrogens with two attached hydrogens (primary N) is 1. The number of anilines is 1. The van der Waals surface area contributed by atoms with Crippen molar-refractivity contribution in [1.82, 2.24) is 0 Å². The average molecular weight is 417 g/mol. The van der Waals surface area contributed by atoms with Crippen LogP contribution in [0.25, 0.3) is 0 Å². The number of hydrogen-bond acceptors (Lipinski definition) is 3. The molecule has 0 fully saturated rings. The van der Waals surface area contributed by atoms with Gasteiger partial charge in [-0.3, -0.25) is 14.9 Å². The lowest BCUT2D eigenvalue weighted by Gasteiger charge is -2.18. The molecule has 0 aliphatic carbocycles. The summed E-state index contributed by atoms with van der Waals surface area (Å²) >= 11 is 5.84. The summed E-state index contributed by atoms with van der Waals surface area (Å²) in [6.07, 6.45) is -4.85. The standard InChI is InChI=1S/C18H17ClF3N3O3/c1-10(12-3-5-13(19)6-4-12)23-11(2)17(26)24-16-8-7-14(25(27)28)9-15(16)18(20,21)22/h3-11,23H,1-2H3,(H,24,26)/p+1/t10-,11-/m0/s1. The van der Waals surface area contributed by atoms with Gasteiger partial charge in [-0.2, -0.15) is 13.2 Å². The van der Waals surface area contributed by atoms with Crippen LogP contribution in [0.3, 0.4) is 0 Å². The van der Waals surface area contributed by atoms with Crippen LogP contribution < -0.4 is 10.6 Å². The maximum Gasteiger partial charge on any atom is 0.418 e. The monoisotopic (exact) mass is 416 g/mol. The van der Waals surface area contributed by atoms with Crippen LogP contribution >= 0.6 is 11.6 Å². The van der Waals surface area contributed by atoms with E-state index in [2.05, 4.69) is 5.32 Å². The number of halogens is 4. The minimum atomic E-state index is -4.85. The minimum absolute atomic E-state index is 0.142. The van der Waals surface area contributed by atoms with Crippen molar-refractivity contribution >= 4 is 28.9 Å². The van der Waals surface area contributed by atoms with E-state index >= 15 is 0 Å². The topological polar surface area (TPSA) is 88.8 Å². The van der Waals surface area contributed by atoms with Gasteiger partial charge < -0.3 is 10.6 Å². The molecule has 2 aromatic carbocycles. The van der Waals surface area contributed by atoms with Crippen LogP contribution in [0, 0.1) is 10.1 Å². The van der Waals surface area contributed by atoms with Crippen LogP contribution in [0.2, 0.25) is 5.02 Å². The lowest BCUT2D eigenvalue weighted by atomic mass is 10.1. The number of nitro benzene ring substituents is 1. The summed E-state index contributed by atoms with van der Waals surface area (Å²) in [6.45, 7) is 3.40. The van der Waals surface area contributed by atoms with Crippen molar-refractivity contribution < 1.29 is 28.2 Å². The molecule has 2 rings (SSSR count). The second kappa shape index (κ2) is 8.57. The Hall–Kier alpha value is -2.65. The highest BCUT2D eigenvalue weighted by atomic mass is 35.5. The number of benzene rings is 2. The molecule has 0 heterocycles. The van der Waals surface area contributed by atoms with Gasteiger partial charge in [0.2, 0.25) is 0 Å². The second-order valence-corrected chi connectivity index (χ2v) is 6.73. The first-order chi connectivity index (χ1) is 13.0. The van der Waals surface area contributed by atoms with Crippen LogP contribution in [0.4, 0.5) is 24.5 Å². The van der Waals surface area contributed by atoms with Gasteiger partial charge in [-0.1, -0.05) is 23.7 Å². The van der Waals surface area contributed by atoms with Crippen LogP contribution in [0.15, 0.2) is 42.5 Å². The van der Waals surface area contributed by atoms with E-state index in [1.54, 1.807) is 36.5 Å². The Balaban J connectivity index is 2.15. The number of carbonyl (C=O) groups is 1. The first-order valence-corrected chi connectivity index (χ1v) is 8.63. The van der Waals surface area contributed by atoms with Crippen molar-refractivity contribution in [2.45, 2.75) is 32.1 Å². The molecule has 0 unspecified atom stereocenters. The molecule has 0 saturated heterocycles. The van der Waals surface area contributed by atoms with Crippen molar-refractivity contribution in [3.63, 3.8) is 0 Å². The maximum atomic E-state index is 13.2. The molecule has 0 aromatic heterocycles. The van der Waals surface area contributed by atoms with Crippen molar-refractivity contribution in [2.75, 3.05) is 5.32 Å². The molecule has 3 N–H and O–H groups in total. The number of rotatable bonds is 6. The van der Waals surface area contributed by atoms with Crippen molar-refractivity contribution in [1.29, 1.82) is 0 Å². The molecule has 0 bridgehead atoms. The maximum absolute atomic E-state index is 13.2. The number of alkyl halides is 3. The zero-order valence-electron chi connectivity index (χ0n) is 15.0. The number of nitrogens with zero attached hydrogens (tertiary/aromatic N) is 1. The van der Waals surface area contributed by atoms with E-state index in [9.17, 15) is 28.1 Å². The molecule has 0 aliphatic heterocycles. The van der Waals surface area contributed by atoms with Crippen LogP contribution in [-0.2, 0) is 11.0 Å². The highest BCUT2D eigenvalue weighted by molar-refractivity contribution is 6.30. The van der Waals surface area contributed by atoms with Gasteiger partial charge in [-0.25, -0.2) is 0 Å². The first-order valence-electron chi connectivity index (χ1n) is 8.26. The van der Waals surface area contributed by atoms with E-state index in [-0.39, 0.29) is 6.04 Å². The minimum Gasteiger partial charge on any atom is -0.330 e. The summed E-state index contributed by atoms with van der Waals surface area (Å²) in [4.78, 5) is 22.2. The SMILES string of the molecule is C[C@H]([NH2+][C@@H](C)c1ccc(Cl)cc1)C(=O)Nc1ccc([N+](=O)[O-])cc1C(F)(F)F. The number of nitro groups is 1. The Kier molecular flexibility index (Phi) is 6.63. The number of carbonyl (C=O) groups excluding carboxylic acids is 1. The summed E-state index contributed by atoms with van der Waals surface area (Å²) in [5.74, 6) is -0.653. The highest BCUT2D eigenvalue weighted by Gasteiger charge is 2.36. The largest absolute Gasteiger partial charge is 0.418 e.